The molecule has 0 unspecified atom stereocenters. The summed E-state index contributed by atoms with van der Waals surface area (Å²) in [6.45, 7) is 3.98. The van der Waals surface area contributed by atoms with Crippen molar-refractivity contribution in [2.75, 3.05) is 26.2 Å². The average Bonchev–Trinajstić information content (AvgIpc) is 3.33. The third-order valence-electron chi connectivity index (χ3n) is 7.86. The molecule has 1 aromatic heterocycles. The molecule has 1 saturated carbocycles. The smallest absolute Gasteiger partial charge is 0.231 e. The molecule has 0 radical (unpaired) electrons. The van der Waals surface area contributed by atoms with Crippen LogP contribution in [0.3, 0.4) is 0 Å². The minimum atomic E-state index is -0.155. The van der Waals surface area contributed by atoms with Gasteiger partial charge in [-0.3, -0.25) is 4.90 Å². The molecular weight excluding hydrogens is 429 g/mol. The minimum Gasteiger partial charge on any atom is -0.456 e. The van der Waals surface area contributed by atoms with Crippen LogP contribution in [0.25, 0.3) is 10.9 Å². The number of ether oxygens (including phenoxy) is 2. The van der Waals surface area contributed by atoms with Crippen molar-refractivity contribution in [2.45, 2.75) is 50.5 Å². The van der Waals surface area contributed by atoms with Crippen molar-refractivity contribution < 1.29 is 13.9 Å². The quantitative estimate of drug-likeness (QED) is 0.614. The monoisotopic (exact) mass is 461 g/mol. The highest BCUT2D eigenvalue weighted by Crippen LogP contribution is 2.38. The zero-order valence-corrected chi connectivity index (χ0v) is 19.5. The molecule has 6 heteroatoms. The van der Waals surface area contributed by atoms with E-state index in [1.54, 1.807) is 18.6 Å². The van der Waals surface area contributed by atoms with E-state index in [1.807, 2.05) is 6.07 Å². The van der Waals surface area contributed by atoms with Gasteiger partial charge in [-0.05, 0) is 73.8 Å². The van der Waals surface area contributed by atoms with Crippen LogP contribution in [0.1, 0.15) is 50.0 Å². The Balaban J connectivity index is 1.00. The maximum atomic E-state index is 13.8. The van der Waals surface area contributed by atoms with Crippen LogP contribution in [0.4, 0.5) is 4.39 Å². The van der Waals surface area contributed by atoms with Gasteiger partial charge in [0.15, 0.2) is 12.0 Å². The molecule has 178 valence electrons. The minimum absolute atomic E-state index is 0.155. The van der Waals surface area contributed by atoms with E-state index in [1.165, 1.54) is 30.0 Å². The number of allylic oxidation sites excluding steroid dienone is 4. The van der Waals surface area contributed by atoms with E-state index in [0.29, 0.717) is 12.0 Å². The van der Waals surface area contributed by atoms with Crippen molar-refractivity contribution in [3.63, 3.8) is 0 Å². The fourth-order valence-electron chi connectivity index (χ4n) is 5.90. The number of nitrogens with one attached hydrogen (secondary N) is 1. The van der Waals surface area contributed by atoms with Gasteiger partial charge in [0, 0.05) is 49.3 Å². The fraction of sp³-hybridized carbons (Fsp3) is 0.429. The highest BCUT2D eigenvalue weighted by molar-refractivity contribution is 5.83. The molecule has 1 N–H and O–H groups in total. The third-order valence-corrected chi connectivity index (χ3v) is 7.86. The summed E-state index contributed by atoms with van der Waals surface area (Å²) in [5.74, 6) is 1.99. The summed E-state index contributed by atoms with van der Waals surface area (Å²) < 4.78 is 25.6. The van der Waals surface area contributed by atoms with Gasteiger partial charge >= 0.3 is 0 Å². The zero-order valence-electron chi connectivity index (χ0n) is 19.5. The van der Waals surface area contributed by atoms with E-state index in [2.05, 4.69) is 39.2 Å². The van der Waals surface area contributed by atoms with E-state index in [4.69, 9.17) is 9.47 Å². The lowest BCUT2D eigenvalue weighted by atomic mass is 9.81. The van der Waals surface area contributed by atoms with Gasteiger partial charge < -0.3 is 19.4 Å². The van der Waals surface area contributed by atoms with Crippen LogP contribution < -0.4 is 0 Å². The van der Waals surface area contributed by atoms with Crippen LogP contribution in [0.15, 0.2) is 72.4 Å². The van der Waals surface area contributed by atoms with Gasteiger partial charge in [0.25, 0.3) is 0 Å². The van der Waals surface area contributed by atoms with E-state index in [0.717, 1.165) is 74.4 Å². The molecule has 0 spiro atoms. The van der Waals surface area contributed by atoms with Crippen LogP contribution in [0, 0.1) is 5.82 Å². The van der Waals surface area contributed by atoms with Crippen molar-refractivity contribution in [3.8, 4) is 0 Å². The second-order valence-corrected chi connectivity index (χ2v) is 9.80. The Labute approximate surface area is 200 Å². The number of rotatable bonds is 4. The SMILES string of the molecule is Fc1ccc2[nH]cc(C3CCC(N4CCN(C5=COC(C6=CC=CCC6)=CO5)CC4)CC3)c2c1. The highest BCUT2D eigenvalue weighted by Gasteiger charge is 2.31. The molecule has 0 atom stereocenters. The van der Waals surface area contributed by atoms with Gasteiger partial charge in [-0.1, -0.05) is 18.2 Å². The summed E-state index contributed by atoms with van der Waals surface area (Å²) in [6.07, 6.45) is 18.7. The van der Waals surface area contributed by atoms with Crippen molar-refractivity contribution in [1.29, 1.82) is 0 Å². The van der Waals surface area contributed by atoms with Gasteiger partial charge in [-0.15, -0.1) is 0 Å². The van der Waals surface area contributed by atoms with Crippen LogP contribution in [0.2, 0.25) is 0 Å². The molecule has 6 rings (SSSR count). The van der Waals surface area contributed by atoms with Crippen molar-refractivity contribution in [2.24, 2.45) is 0 Å². The molecule has 1 aromatic carbocycles. The molecule has 0 amide bonds. The number of hydrogen-bond acceptors (Lipinski definition) is 4. The predicted molar refractivity (Wildman–Crippen MR) is 131 cm³/mol. The first kappa shape index (κ1) is 21.5. The summed E-state index contributed by atoms with van der Waals surface area (Å²) in [7, 11) is 0. The maximum absolute atomic E-state index is 13.8. The molecule has 3 heterocycles. The number of aromatic nitrogens is 1. The number of halogens is 1. The molecule has 2 aromatic rings. The normalized spacial score (nSPS) is 25.9. The van der Waals surface area contributed by atoms with E-state index < -0.39 is 0 Å². The fourth-order valence-corrected chi connectivity index (χ4v) is 5.90. The Bertz CT molecular complexity index is 1160. The number of hydrogen-bond donors (Lipinski definition) is 1. The highest BCUT2D eigenvalue weighted by atomic mass is 19.1. The summed E-state index contributed by atoms with van der Waals surface area (Å²) >= 11 is 0. The number of fused-ring (bicyclic) bond motifs is 1. The van der Waals surface area contributed by atoms with Crippen LogP contribution in [0.5, 0.6) is 0 Å². The van der Waals surface area contributed by atoms with E-state index in [-0.39, 0.29) is 5.82 Å². The maximum Gasteiger partial charge on any atom is 0.231 e. The lowest BCUT2D eigenvalue weighted by Crippen LogP contribution is -2.50. The van der Waals surface area contributed by atoms with Gasteiger partial charge in [-0.2, -0.15) is 0 Å². The Morgan fingerprint density at radius 3 is 2.56 bits per heavy atom. The van der Waals surface area contributed by atoms with Gasteiger partial charge in [0.2, 0.25) is 5.88 Å². The number of benzene rings is 1. The second kappa shape index (κ2) is 9.34. The largest absolute Gasteiger partial charge is 0.456 e. The predicted octanol–water partition coefficient (Wildman–Crippen LogP) is 5.91. The number of nitrogens with zero attached hydrogens (tertiary/aromatic N) is 2. The average molecular weight is 462 g/mol. The molecule has 5 nitrogen and oxygen atoms in total. The van der Waals surface area contributed by atoms with E-state index >= 15 is 0 Å². The topological polar surface area (TPSA) is 40.7 Å². The van der Waals surface area contributed by atoms with Crippen molar-refractivity contribution >= 4 is 10.9 Å². The molecule has 0 bridgehead atoms. The summed E-state index contributed by atoms with van der Waals surface area (Å²) in [4.78, 5) is 8.25. The van der Waals surface area contributed by atoms with Crippen molar-refractivity contribution in [3.05, 3.63) is 83.7 Å². The third kappa shape index (κ3) is 4.27. The molecule has 2 fully saturated rings. The second-order valence-electron chi connectivity index (χ2n) is 9.80. The summed E-state index contributed by atoms with van der Waals surface area (Å²) in [5.41, 5.74) is 3.51. The lowest BCUT2D eigenvalue weighted by Gasteiger charge is -2.42. The summed E-state index contributed by atoms with van der Waals surface area (Å²) in [5, 5.41) is 1.05. The Kier molecular flexibility index (Phi) is 5.91. The first-order valence-electron chi connectivity index (χ1n) is 12.6. The molecule has 2 aliphatic carbocycles. The van der Waals surface area contributed by atoms with Gasteiger partial charge in [-0.25, -0.2) is 4.39 Å². The molecule has 1 saturated heterocycles. The number of piperazine rings is 1. The van der Waals surface area contributed by atoms with Gasteiger partial charge in [0.05, 0.1) is 0 Å². The molecule has 4 aliphatic rings. The molecule has 2 aliphatic heterocycles. The molecule has 34 heavy (non-hydrogen) atoms. The Morgan fingerprint density at radius 1 is 0.971 bits per heavy atom. The Hall–Kier alpha value is -2.99. The summed E-state index contributed by atoms with van der Waals surface area (Å²) in [6, 6.07) is 5.69. The first-order chi connectivity index (χ1) is 16.7. The van der Waals surface area contributed by atoms with Crippen LogP contribution in [-0.2, 0) is 9.47 Å². The standard InChI is InChI=1S/C28H32FN3O2/c29-22-8-11-26-24(16-22)25(17-30-26)20-6-9-23(10-7-20)31-12-14-32(15-13-31)28-19-33-27(18-34-28)21-4-2-1-3-5-21/h1-2,4,8,11,16-20,23,30H,3,5-7,9-10,12-15H2. The van der Waals surface area contributed by atoms with Gasteiger partial charge in [0.1, 0.15) is 12.1 Å². The van der Waals surface area contributed by atoms with Crippen LogP contribution >= 0.6 is 0 Å². The Morgan fingerprint density at radius 2 is 1.82 bits per heavy atom. The number of aromatic amines is 1. The van der Waals surface area contributed by atoms with E-state index in [9.17, 15) is 4.39 Å². The zero-order chi connectivity index (χ0) is 22.9. The number of H-pyrrole nitrogens is 1. The first-order valence-corrected chi connectivity index (χ1v) is 12.6. The van der Waals surface area contributed by atoms with Crippen LogP contribution in [-0.4, -0.2) is 47.0 Å². The lowest BCUT2D eigenvalue weighted by molar-refractivity contribution is 0.0536. The molecular formula is C28H32FN3O2. The van der Waals surface area contributed by atoms with Crippen molar-refractivity contribution in [1.82, 2.24) is 14.8 Å².